The molecule has 2 N–H and O–H groups in total. The second-order valence-corrected chi connectivity index (χ2v) is 6.05. The number of pyridine rings is 1. The predicted octanol–water partition coefficient (Wildman–Crippen LogP) is 2.86. The third kappa shape index (κ3) is 5.41. The van der Waals surface area contributed by atoms with E-state index >= 15 is 0 Å². The highest BCUT2D eigenvalue weighted by Crippen LogP contribution is 2.14. The number of rotatable bonds is 6. The van der Waals surface area contributed by atoms with Crippen molar-refractivity contribution < 1.29 is 13.6 Å². The van der Waals surface area contributed by atoms with Gasteiger partial charge in [0.2, 0.25) is 0 Å². The van der Waals surface area contributed by atoms with E-state index in [9.17, 15) is 13.6 Å². The van der Waals surface area contributed by atoms with Gasteiger partial charge in [-0.3, -0.25) is 0 Å². The average Bonchev–Trinajstić information content (AvgIpc) is 2.57. The number of nitrogens with zero attached hydrogens (tertiary/aromatic N) is 2. The number of benzene rings is 1. The Balaban J connectivity index is 1.83. The molecule has 0 spiro atoms. The number of anilines is 1. The molecular formula is C18H22F2N4O. The van der Waals surface area contributed by atoms with Crippen LogP contribution in [0.1, 0.15) is 18.1 Å². The van der Waals surface area contributed by atoms with Crippen molar-refractivity contribution >= 4 is 11.8 Å². The lowest BCUT2D eigenvalue weighted by molar-refractivity contribution is 0.237. The van der Waals surface area contributed by atoms with Crippen LogP contribution in [0.3, 0.4) is 0 Å². The normalized spacial score (nSPS) is 11.7. The monoisotopic (exact) mass is 348 g/mol. The molecule has 0 saturated carbocycles. The van der Waals surface area contributed by atoms with Gasteiger partial charge in [-0.05, 0) is 37.1 Å². The van der Waals surface area contributed by atoms with Gasteiger partial charge in [-0.15, -0.1) is 0 Å². The van der Waals surface area contributed by atoms with E-state index in [1.54, 1.807) is 13.1 Å². The minimum Gasteiger partial charge on any atom is -0.363 e. The summed E-state index contributed by atoms with van der Waals surface area (Å²) in [4.78, 5) is 18.1. The molecule has 1 heterocycles. The summed E-state index contributed by atoms with van der Waals surface area (Å²) in [5.41, 5.74) is 0.826. The Morgan fingerprint density at radius 1 is 1.20 bits per heavy atom. The molecular weight excluding hydrogens is 326 g/mol. The molecule has 0 bridgehead atoms. The molecule has 2 amide bonds. The van der Waals surface area contributed by atoms with Crippen LogP contribution in [0.2, 0.25) is 0 Å². The maximum atomic E-state index is 13.6. The van der Waals surface area contributed by atoms with Crippen LogP contribution >= 0.6 is 0 Å². The summed E-state index contributed by atoms with van der Waals surface area (Å²) < 4.78 is 27.3. The zero-order chi connectivity index (χ0) is 18.4. The van der Waals surface area contributed by atoms with E-state index in [0.717, 1.165) is 11.4 Å². The van der Waals surface area contributed by atoms with E-state index < -0.39 is 23.7 Å². The summed E-state index contributed by atoms with van der Waals surface area (Å²) in [6.07, 6.45) is 1.76. The number of nitrogens with one attached hydrogen (secondary N) is 2. The van der Waals surface area contributed by atoms with Crippen LogP contribution in [0.5, 0.6) is 0 Å². The minimum atomic E-state index is -0.610. The molecule has 134 valence electrons. The van der Waals surface area contributed by atoms with Gasteiger partial charge in [0.25, 0.3) is 0 Å². The second-order valence-electron chi connectivity index (χ2n) is 6.05. The summed E-state index contributed by atoms with van der Waals surface area (Å²) >= 11 is 0. The molecule has 25 heavy (non-hydrogen) atoms. The second kappa shape index (κ2) is 8.41. The Morgan fingerprint density at radius 2 is 1.88 bits per heavy atom. The minimum absolute atomic E-state index is 0.0289. The lowest BCUT2D eigenvalue weighted by atomic mass is 10.1. The summed E-state index contributed by atoms with van der Waals surface area (Å²) in [6, 6.07) is 6.64. The number of carbonyl (C=O) groups is 1. The van der Waals surface area contributed by atoms with Crippen molar-refractivity contribution in [3.05, 3.63) is 59.3 Å². The molecule has 0 radical (unpaired) electrons. The fraction of sp³-hybridized carbons (Fsp3) is 0.333. The third-order valence-electron chi connectivity index (χ3n) is 3.67. The molecule has 0 fully saturated rings. The van der Waals surface area contributed by atoms with Crippen molar-refractivity contribution in [2.75, 3.05) is 19.0 Å². The lowest BCUT2D eigenvalue weighted by Gasteiger charge is -2.16. The first-order chi connectivity index (χ1) is 11.9. The fourth-order valence-corrected chi connectivity index (χ4v) is 2.33. The van der Waals surface area contributed by atoms with E-state index in [1.807, 2.05) is 31.1 Å². The van der Waals surface area contributed by atoms with Crippen molar-refractivity contribution in [1.82, 2.24) is 15.6 Å². The lowest BCUT2D eigenvalue weighted by Crippen LogP contribution is -2.41. The first-order valence-electron chi connectivity index (χ1n) is 7.96. The molecule has 7 heteroatoms. The van der Waals surface area contributed by atoms with Crippen LogP contribution in [-0.4, -0.2) is 31.2 Å². The van der Waals surface area contributed by atoms with Gasteiger partial charge < -0.3 is 15.5 Å². The summed E-state index contributed by atoms with van der Waals surface area (Å²) in [6.45, 7) is 2.01. The Hall–Kier alpha value is -2.70. The third-order valence-corrected chi connectivity index (χ3v) is 3.67. The van der Waals surface area contributed by atoms with E-state index in [1.165, 1.54) is 18.2 Å². The maximum absolute atomic E-state index is 13.6. The maximum Gasteiger partial charge on any atom is 0.315 e. The highest BCUT2D eigenvalue weighted by molar-refractivity contribution is 5.74. The van der Waals surface area contributed by atoms with E-state index in [-0.39, 0.29) is 12.0 Å². The average molecular weight is 348 g/mol. The van der Waals surface area contributed by atoms with Crippen LogP contribution < -0.4 is 15.5 Å². The van der Waals surface area contributed by atoms with Crippen molar-refractivity contribution in [1.29, 1.82) is 0 Å². The smallest absolute Gasteiger partial charge is 0.315 e. The Morgan fingerprint density at radius 3 is 2.44 bits per heavy atom. The first-order valence-corrected chi connectivity index (χ1v) is 7.96. The van der Waals surface area contributed by atoms with Gasteiger partial charge in [0.1, 0.15) is 17.5 Å². The van der Waals surface area contributed by atoms with E-state index in [2.05, 4.69) is 15.6 Å². The largest absolute Gasteiger partial charge is 0.363 e. The molecule has 1 aromatic carbocycles. The topological polar surface area (TPSA) is 57.3 Å². The number of aromatic nitrogens is 1. The zero-order valence-corrected chi connectivity index (χ0v) is 14.5. The molecule has 0 unspecified atom stereocenters. The summed E-state index contributed by atoms with van der Waals surface area (Å²) in [5.74, 6) is -0.393. The van der Waals surface area contributed by atoms with Gasteiger partial charge in [-0.25, -0.2) is 18.6 Å². The zero-order valence-electron chi connectivity index (χ0n) is 14.5. The van der Waals surface area contributed by atoms with Crippen LogP contribution in [0, 0.1) is 11.6 Å². The SMILES string of the molecule is C[C@@H](Cc1c(F)cccc1F)NC(=O)NCc1ccc(N(C)C)nc1. The number of carbonyl (C=O) groups excluding carboxylic acids is 1. The Kier molecular flexibility index (Phi) is 6.27. The molecule has 0 aliphatic heterocycles. The van der Waals surface area contributed by atoms with Gasteiger partial charge in [0.15, 0.2) is 0 Å². The molecule has 2 rings (SSSR count). The first kappa shape index (κ1) is 18.6. The Labute approximate surface area is 146 Å². The molecule has 0 aliphatic rings. The number of urea groups is 1. The van der Waals surface area contributed by atoms with Gasteiger partial charge in [-0.1, -0.05) is 12.1 Å². The fourth-order valence-electron chi connectivity index (χ4n) is 2.33. The molecule has 0 aliphatic carbocycles. The van der Waals surface area contributed by atoms with Gasteiger partial charge in [0.05, 0.1) is 0 Å². The van der Waals surface area contributed by atoms with Crippen LogP contribution in [0.25, 0.3) is 0 Å². The van der Waals surface area contributed by atoms with E-state index in [0.29, 0.717) is 6.54 Å². The predicted molar refractivity (Wildman–Crippen MR) is 93.5 cm³/mol. The van der Waals surface area contributed by atoms with Crippen molar-refractivity contribution in [2.24, 2.45) is 0 Å². The molecule has 1 atom stereocenters. The Bertz CT molecular complexity index is 699. The quantitative estimate of drug-likeness (QED) is 0.844. The van der Waals surface area contributed by atoms with Crippen molar-refractivity contribution in [3.63, 3.8) is 0 Å². The van der Waals surface area contributed by atoms with Crippen molar-refractivity contribution in [3.8, 4) is 0 Å². The van der Waals surface area contributed by atoms with Crippen molar-refractivity contribution in [2.45, 2.75) is 25.9 Å². The molecule has 0 saturated heterocycles. The number of amides is 2. The van der Waals surface area contributed by atoms with E-state index in [4.69, 9.17) is 0 Å². The number of hydrogen-bond acceptors (Lipinski definition) is 3. The standard InChI is InChI=1S/C18H22F2N4O/c1-12(9-14-15(19)5-4-6-16(14)20)23-18(25)22-11-13-7-8-17(21-10-13)24(2)3/h4-8,10,12H,9,11H2,1-3H3,(H2,22,23,25)/t12-/m0/s1. The van der Waals surface area contributed by atoms with Crippen LogP contribution in [-0.2, 0) is 13.0 Å². The summed E-state index contributed by atoms with van der Waals surface area (Å²) in [7, 11) is 3.79. The molecule has 2 aromatic rings. The highest BCUT2D eigenvalue weighted by atomic mass is 19.1. The molecule has 5 nitrogen and oxygen atoms in total. The van der Waals surface area contributed by atoms with Gasteiger partial charge >= 0.3 is 6.03 Å². The number of hydrogen-bond donors (Lipinski definition) is 2. The van der Waals surface area contributed by atoms with Gasteiger partial charge in [0, 0.05) is 38.4 Å². The summed E-state index contributed by atoms with van der Waals surface area (Å²) in [5, 5.41) is 5.37. The molecule has 1 aromatic heterocycles. The number of halogens is 2. The van der Waals surface area contributed by atoms with Crippen LogP contribution in [0.15, 0.2) is 36.5 Å². The van der Waals surface area contributed by atoms with Gasteiger partial charge in [-0.2, -0.15) is 0 Å². The highest BCUT2D eigenvalue weighted by Gasteiger charge is 2.14. The van der Waals surface area contributed by atoms with Crippen LogP contribution in [0.4, 0.5) is 19.4 Å².